The summed E-state index contributed by atoms with van der Waals surface area (Å²) in [4.78, 5) is 7.17. The SMILES string of the molecule is CCN(Cc1ncc(C)c(N)c1C)C1CCCCC1. The van der Waals surface area contributed by atoms with E-state index in [1.807, 2.05) is 13.1 Å². The smallest absolute Gasteiger partial charge is 0.0593 e. The Morgan fingerprint density at radius 3 is 2.58 bits per heavy atom. The highest BCUT2D eigenvalue weighted by atomic mass is 15.2. The maximum atomic E-state index is 6.12. The second-order valence-corrected chi connectivity index (χ2v) is 5.78. The van der Waals surface area contributed by atoms with E-state index in [2.05, 4.69) is 23.7 Å². The summed E-state index contributed by atoms with van der Waals surface area (Å²) < 4.78 is 0. The first-order valence-corrected chi connectivity index (χ1v) is 7.58. The standard InChI is InChI=1S/C16H27N3/c1-4-19(14-8-6-5-7-9-14)11-15-13(3)16(17)12(2)10-18-15/h10,14H,4-9,11H2,1-3H3,(H2,17,18). The average molecular weight is 261 g/mol. The molecule has 0 radical (unpaired) electrons. The van der Waals surface area contributed by atoms with Crippen molar-refractivity contribution in [3.8, 4) is 0 Å². The van der Waals surface area contributed by atoms with Gasteiger partial charge in [-0.25, -0.2) is 0 Å². The van der Waals surface area contributed by atoms with Gasteiger partial charge >= 0.3 is 0 Å². The van der Waals surface area contributed by atoms with Crippen LogP contribution in [-0.4, -0.2) is 22.5 Å². The number of pyridine rings is 1. The molecule has 0 atom stereocenters. The molecule has 0 amide bonds. The van der Waals surface area contributed by atoms with Crippen LogP contribution in [-0.2, 0) is 6.54 Å². The number of aromatic nitrogens is 1. The minimum absolute atomic E-state index is 0.738. The molecule has 1 heterocycles. The molecule has 3 heteroatoms. The molecule has 2 rings (SSSR count). The van der Waals surface area contributed by atoms with Crippen LogP contribution in [0.2, 0.25) is 0 Å². The van der Waals surface area contributed by atoms with Crippen molar-refractivity contribution in [2.24, 2.45) is 0 Å². The number of rotatable bonds is 4. The van der Waals surface area contributed by atoms with Crippen LogP contribution < -0.4 is 5.73 Å². The Hall–Kier alpha value is -1.09. The second kappa shape index (κ2) is 6.38. The third-order valence-electron chi connectivity index (χ3n) is 4.53. The van der Waals surface area contributed by atoms with E-state index in [-0.39, 0.29) is 0 Å². The van der Waals surface area contributed by atoms with Crippen LogP contribution in [0, 0.1) is 13.8 Å². The molecule has 1 aliphatic rings. The topological polar surface area (TPSA) is 42.2 Å². The van der Waals surface area contributed by atoms with E-state index in [0.717, 1.165) is 41.6 Å². The maximum absolute atomic E-state index is 6.12. The molecule has 1 aromatic heterocycles. The lowest BCUT2D eigenvalue weighted by Gasteiger charge is -2.33. The molecule has 0 saturated heterocycles. The Balaban J connectivity index is 2.11. The van der Waals surface area contributed by atoms with E-state index in [4.69, 9.17) is 5.73 Å². The minimum atomic E-state index is 0.738. The van der Waals surface area contributed by atoms with Crippen molar-refractivity contribution in [1.82, 2.24) is 9.88 Å². The van der Waals surface area contributed by atoms with E-state index in [9.17, 15) is 0 Å². The zero-order valence-corrected chi connectivity index (χ0v) is 12.6. The Kier molecular flexibility index (Phi) is 4.81. The lowest BCUT2D eigenvalue weighted by Crippen LogP contribution is -2.36. The first-order chi connectivity index (χ1) is 9.13. The normalized spacial score (nSPS) is 17.1. The van der Waals surface area contributed by atoms with Crippen molar-refractivity contribution in [3.05, 3.63) is 23.0 Å². The van der Waals surface area contributed by atoms with E-state index in [1.165, 1.54) is 32.1 Å². The molecule has 0 aliphatic heterocycles. The summed E-state index contributed by atoms with van der Waals surface area (Å²) in [5.74, 6) is 0. The number of anilines is 1. The summed E-state index contributed by atoms with van der Waals surface area (Å²) in [6.45, 7) is 8.41. The van der Waals surface area contributed by atoms with Crippen molar-refractivity contribution in [1.29, 1.82) is 0 Å². The van der Waals surface area contributed by atoms with Crippen molar-refractivity contribution >= 4 is 5.69 Å². The number of nitrogens with two attached hydrogens (primary N) is 1. The summed E-state index contributed by atoms with van der Waals surface area (Å²) in [6.07, 6.45) is 8.75. The van der Waals surface area contributed by atoms with Crippen molar-refractivity contribution < 1.29 is 0 Å². The van der Waals surface area contributed by atoms with Gasteiger partial charge in [0.25, 0.3) is 0 Å². The lowest BCUT2D eigenvalue weighted by molar-refractivity contribution is 0.154. The van der Waals surface area contributed by atoms with Gasteiger partial charge in [-0.1, -0.05) is 26.2 Å². The number of nitrogens with zero attached hydrogens (tertiary/aromatic N) is 2. The van der Waals surface area contributed by atoms with Gasteiger partial charge < -0.3 is 5.73 Å². The third-order valence-corrected chi connectivity index (χ3v) is 4.53. The molecule has 1 saturated carbocycles. The average Bonchev–Trinajstić information content (AvgIpc) is 2.45. The first kappa shape index (κ1) is 14.3. The van der Waals surface area contributed by atoms with Gasteiger partial charge in [-0.2, -0.15) is 0 Å². The van der Waals surface area contributed by atoms with Crippen LogP contribution in [0.3, 0.4) is 0 Å². The van der Waals surface area contributed by atoms with Crippen LogP contribution in [0.5, 0.6) is 0 Å². The molecule has 106 valence electrons. The zero-order chi connectivity index (χ0) is 13.8. The fraction of sp³-hybridized carbons (Fsp3) is 0.688. The van der Waals surface area contributed by atoms with E-state index in [1.54, 1.807) is 0 Å². The molecule has 19 heavy (non-hydrogen) atoms. The van der Waals surface area contributed by atoms with Crippen LogP contribution in [0.4, 0.5) is 5.69 Å². The van der Waals surface area contributed by atoms with Gasteiger partial charge in [0.15, 0.2) is 0 Å². The minimum Gasteiger partial charge on any atom is -0.398 e. The summed E-state index contributed by atoms with van der Waals surface area (Å²) >= 11 is 0. The van der Waals surface area contributed by atoms with Crippen molar-refractivity contribution in [3.63, 3.8) is 0 Å². The number of hydrogen-bond acceptors (Lipinski definition) is 3. The molecular weight excluding hydrogens is 234 g/mol. The van der Waals surface area contributed by atoms with E-state index >= 15 is 0 Å². The Morgan fingerprint density at radius 2 is 1.95 bits per heavy atom. The highest BCUT2D eigenvalue weighted by Gasteiger charge is 2.21. The van der Waals surface area contributed by atoms with Gasteiger partial charge in [0.2, 0.25) is 0 Å². The van der Waals surface area contributed by atoms with Gasteiger partial charge in [-0.05, 0) is 44.4 Å². The monoisotopic (exact) mass is 261 g/mol. The molecule has 0 spiro atoms. The lowest BCUT2D eigenvalue weighted by atomic mass is 9.94. The Bertz CT molecular complexity index is 422. The molecule has 1 aliphatic carbocycles. The highest BCUT2D eigenvalue weighted by Crippen LogP contribution is 2.25. The fourth-order valence-corrected chi connectivity index (χ4v) is 3.09. The molecule has 3 nitrogen and oxygen atoms in total. The predicted octanol–water partition coefficient (Wildman–Crippen LogP) is 3.44. The molecule has 0 bridgehead atoms. The first-order valence-electron chi connectivity index (χ1n) is 7.58. The van der Waals surface area contributed by atoms with Crippen molar-refractivity contribution in [2.45, 2.75) is 65.5 Å². The maximum Gasteiger partial charge on any atom is 0.0593 e. The van der Waals surface area contributed by atoms with Gasteiger partial charge in [0.1, 0.15) is 0 Å². The number of hydrogen-bond donors (Lipinski definition) is 1. The summed E-state index contributed by atoms with van der Waals surface area (Å²) in [5.41, 5.74) is 10.4. The van der Waals surface area contributed by atoms with Crippen LogP contribution >= 0.6 is 0 Å². The second-order valence-electron chi connectivity index (χ2n) is 5.78. The van der Waals surface area contributed by atoms with E-state index < -0.39 is 0 Å². The van der Waals surface area contributed by atoms with Gasteiger partial charge in [-0.15, -0.1) is 0 Å². The van der Waals surface area contributed by atoms with Crippen LogP contribution in [0.1, 0.15) is 55.8 Å². The fourth-order valence-electron chi connectivity index (χ4n) is 3.09. The molecule has 0 unspecified atom stereocenters. The van der Waals surface area contributed by atoms with Crippen LogP contribution in [0.15, 0.2) is 6.20 Å². The third kappa shape index (κ3) is 3.27. The quantitative estimate of drug-likeness (QED) is 0.903. The molecule has 2 N–H and O–H groups in total. The number of aryl methyl sites for hydroxylation is 1. The Labute approximate surface area is 117 Å². The van der Waals surface area contributed by atoms with Gasteiger partial charge in [0.05, 0.1) is 5.69 Å². The summed E-state index contributed by atoms with van der Waals surface area (Å²) in [7, 11) is 0. The molecular formula is C16H27N3. The van der Waals surface area contributed by atoms with Crippen LogP contribution in [0.25, 0.3) is 0 Å². The van der Waals surface area contributed by atoms with E-state index in [0.29, 0.717) is 0 Å². The molecule has 0 aromatic carbocycles. The van der Waals surface area contributed by atoms with Crippen molar-refractivity contribution in [2.75, 3.05) is 12.3 Å². The van der Waals surface area contributed by atoms with Gasteiger partial charge in [0, 0.05) is 24.5 Å². The summed E-state index contributed by atoms with van der Waals surface area (Å²) in [6, 6.07) is 0.738. The molecule has 1 aromatic rings. The predicted molar refractivity (Wildman–Crippen MR) is 81.1 cm³/mol. The van der Waals surface area contributed by atoms with Gasteiger partial charge in [-0.3, -0.25) is 9.88 Å². The Morgan fingerprint density at radius 1 is 1.26 bits per heavy atom. The highest BCUT2D eigenvalue weighted by molar-refractivity contribution is 5.53. The summed E-state index contributed by atoms with van der Waals surface area (Å²) in [5, 5.41) is 0. The largest absolute Gasteiger partial charge is 0.398 e. The molecule has 1 fully saturated rings. The zero-order valence-electron chi connectivity index (χ0n) is 12.6. The number of nitrogen functional groups attached to an aromatic ring is 1.